The average Bonchev–Trinajstić information content (AvgIpc) is 2.95. The van der Waals surface area contributed by atoms with E-state index in [2.05, 4.69) is 0 Å². The highest BCUT2D eigenvalue weighted by Gasteiger charge is 2.31. The molecule has 1 aromatic rings. The third kappa shape index (κ3) is 3.29. The van der Waals surface area contributed by atoms with Crippen LogP contribution in [0, 0.1) is 0 Å². The van der Waals surface area contributed by atoms with Crippen molar-refractivity contribution in [2.75, 3.05) is 20.7 Å². The van der Waals surface area contributed by atoms with E-state index in [1.807, 2.05) is 24.3 Å². The molecule has 5 heteroatoms. The van der Waals surface area contributed by atoms with Gasteiger partial charge in [-0.2, -0.15) is 0 Å². The first-order chi connectivity index (χ1) is 9.65. The SMILES string of the molecule is COc1ccccc1CN(C)C(=O)C1CCC(CN)O1. The number of benzene rings is 1. The monoisotopic (exact) mass is 278 g/mol. The third-order valence-corrected chi connectivity index (χ3v) is 3.62. The van der Waals surface area contributed by atoms with Gasteiger partial charge in [0.2, 0.25) is 0 Å². The smallest absolute Gasteiger partial charge is 0.251 e. The van der Waals surface area contributed by atoms with Crippen LogP contribution in [0.4, 0.5) is 0 Å². The first-order valence-electron chi connectivity index (χ1n) is 6.88. The van der Waals surface area contributed by atoms with Gasteiger partial charge in [-0.3, -0.25) is 4.79 Å². The van der Waals surface area contributed by atoms with Crippen molar-refractivity contribution in [1.82, 2.24) is 4.90 Å². The molecule has 5 nitrogen and oxygen atoms in total. The topological polar surface area (TPSA) is 64.8 Å². The number of hydrogen-bond acceptors (Lipinski definition) is 4. The Hall–Kier alpha value is -1.59. The zero-order valence-electron chi connectivity index (χ0n) is 12.0. The predicted octanol–water partition coefficient (Wildman–Crippen LogP) is 1.16. The van der Waals surface area contributed by atoms with Crippen molar-refractivity contribution in [3.8, 4) is 5.75 Å². The summed E-state index contributed by atoms with van der Waals surface area (Å²) in [6, 6.07) is 7.70. The number of carbonyl (C=O) groups excluding carboxylic acids is 1. The summed E-state index contributed by atoms with van der Waals surface area (Å²) in [5, 5.41) is 0. The molecule has 0 bridgehead atoms. The Labute approximate surface area is 119 Å². The molecule has 1 heterocycles. The predicted molar refractivity (Wildman–Crippen MR) is 76.4 cm³/mol. The fraction of sp³-hybridized carbons (Fsp3) is 0.533. The zero-order valence-corrected chi connectivity index (χ0v) is 12.0. The van der Waals surface area contributed by atoms with Crippen molar-refractivity contribution in [2.45, 2.75) is 31.6 Å². The Balaban J connectivity index is 1.97. The second kappa shape index (κ2) is 6.72. The van der Waals surface area contributed by atoms with Gasteiger partial charge in [0.25, 0.3) is 5.91 Å². The number of ether oxygens (including phenoxy) is 2. The minimum atomic E-state index is -0.358. The Bertz CT molecular complexity index is 464. The van der Waals surface area contributed by atoms with E-state index in [9.17, 15) is 4.79 Å². The summed E-state index contributed by atoms with van der Waals surface area (Å²) in [6.07, 6.45) is 1.26. The minimum absolute atomic E-state index is 0.00635. The maximum absolute atomic E-state index is 12.3. The van der Waals surface area contributed by atoms with Crippen LogP contribution in [0.3, 0.4) is 0 Å². The van der Waals surface area contributed by atoms with Gasteiger partial charge in [-0.05, 0) is 18.9 Å². The van der Waals surface area contributed by atoms with Crippen LogP contribution in [-0.2, 0) is 16.1 Å². The van der Waals surface area contributed by atoms with Gasteiger partial charge in [0, 0.05) is 25.7 Å². The van der Waals surface area contributed by atoms with Crippen LogP contribution < -0.4 is 10.5 Å². The zero-order chi connectivity index (χ0) is 14.5. The van der Waals surface area contributed by atoms with Gasteiger partial charge < -0.3 is 20.1 Å². The van der Waals surface area contributed by atoms with Gasteiger partial charge in [-0.15, -0.1) is 0 Å². The summed E-state index contributed by atoms with van der Waals surface area (Å²) in [6.45, 7) is 0.982. The number of rotatable bonds is 5. The molecule has 1 aromatic carbocycles. The fourth-order valence-electron chi connectivity index (χ4n) is 2.47. The molecule has 0 radical (unpaired) electrons. The number of carbonyl (C=O) groups is 1. The quantitative estimate of drug-likeness (QED) is 0.878. The molecule has 0 saturated carbocycles. The first kappa shape index (κ1) is 14.8. The second-order valence-electron chi connectivity index (χ2n) is 5.07. The van der Waals surface area contributed by atoms with Gasteiger partial charge in [0.05, 0.1) is 13.2 Å². The summed E-state index contributed by atoms with van der Waals surface area (Å²) in [4.78, 5) is 14.0. The molecule has 2 unspecified atom stereocenters. The molecule has 2 N–H and O–H groups in total. The molecular formula is C15H22N2O3. The fourth-order valence-corrected chi connectivity index (χ4v) is 2.47. The molecule has 110 valence electrons. The lowest BCUT2D eigenvalue weighted by atomic mass is 10.1. The molecular weight excluding hydrogens is 256 g/mol. The van der Waals surface area contributed by atoms with E-state index < -0.39 is 0 Å². The molecule has 2 atom stereocenters. The third-order valence-electron chi connectivity index (χ3n) is 3.62. The molecule has 1 aliphatic rings. The molecule has 0 aromatic heterocycles. The van der Waals surface area contributed by atoms with E-state index in [4.69, 9.17) is 15.2 Å². The van der Waals surface area contributed by atoms with E-state index in [0.29, 0.717) is 13.1 Å². The van der Waals surface area contributed by atoms with Crippen molar-refractivity contribution in [2.24, 2.45) is 5.73 Å². The van der Waals surface area contributed by atoms with Crippen LogP contribution >= 0.6 is 0 Å². The van der Waals surface area contributed by atoms with E-state index >= 15 is 0 Å². The van der Waals surface area contributed by atoms with Crippen LogP contribution in [0.25, 0.3) is 0 Å². The summed E-state index contributed by atoms with van der Waals surface area (Å²) >= 11 is 0. The Morgan fingerprint density at radius 1 is 1.45 bits per heavy atom. The van der Waals surface area contributed by atoms with Crippen LogP contribution in [0.5, 0.6) is 5.75 Å². The Kier molecular flexibility index (Phi) is 4.98. The molecule has 1 amide bonds. The van der Waals surface area contributed by atoms with Crippen molar-refractivity contribution in [3.63, 3.8) is 0 Å². The lowest BCUT2D eigenvalue weighted by molar-refractivity contribution is -0.141. The number of amides is 1. The molecule has 20 heavy (non-hydrogen) atoms. The van der Waals surface area contributed by atoms with Crippen molar-refractivity contribution in [3.05, 3.63) is 29.8 Å². The normalized spacial score (nSPS) is 21.8. The summed E-state index contributed by atoms with van der Waals surface area (Å²) in [5.41, 5.74) is 6.55. The largest absolute Gasteiger partial charge is 0.496 e. The Morgan fingerprint density at radius 3 is 2.85 bits per heavy atom. The van der Waals surface area contributed by atoms with Gasteiger partial charge >= 0.3 is 0 Å². The standard InChI is InChI=1S/C15H22N2O3/c1-17(10-11-5-3-4-6-13(11)19-2)15(18)14-8-7-12(9-16)20-14/h3-6,12,14H,7-10,16H2,1-2H3. The lowest BCUT2D eigenvalue weighted by Gasteiger charge is -2.22. The van der Waals surface area contributed by atoms with Crippen LogP contribution in [0.2, 0.25) is 0 Å². The van der Waals surface area contributed by atoms with Gasteiger partial charge in [-0.1, -0.05) is 18.2 Å². The number of likely N-dealkylation sites (N-methyl/N-ethyl adjacent to an activating group) is 1. The first-order valence-corrected chi connectivity index (χ1v) is 6.88. The molecule has 0 aliphatic carbocycles. The number of para-hydroxylation sites is 1. The molecule has 1 fully saturated rings. The van der Waals surface area contributed by atoms with Gasteiger partial charge in [0.1, 0.15) is 11.9 Å². The van der Waals surface area contributed by atoms with Crippen molar-refractivity contribution >= 4 is 5.91 Å². The van der Waals surface area contributed by atoms with E-state index in [1.165, 1.54) is 0 Å². The maximum Gasteiger partial charge on any atom is 0.251 e. The highest BCUT2D eigenvalue weighted by atomic mass is 16.5. The average molecular weight is 278 g/mol. The number of nitrogens with two attached hydrogens (primary N) is 1. The molecule has 0 spiro atoms. The minimum Gasteiger partial charge on any atom is -0.496 e. The summed E-state index contributed by atoms with van der Waals surface area (Å²) < 4.78 is 10.9. The van der Waals surface area contributed by atoms with Gasteiger partial charge in [0.15, 0.2) is 0 Å². The summed E-state index contributed by atoms with van der Waals surface area (Å²) in [5.74, 6) is 0.797. The van der Waals surface area contributed by atoms with Crippen molar-refractivity contribution in [1.29, 1.82) is 0 Å². The van der Waals surface area contributed by atoms with Gasteiger partial charge in [-0.25, -0.2) is 0 Å². The van der Waals surface area contributed by atoms with E-state index in [0.717, 1.165) is 24.2 Å². The highest BCUT2D eigenvalue weighted by Crippen LogP contribution is 2.23. The van der Waals surface area contributed by atoms with Crippen molar-refractivity contribution < 1.29 is 14.3 Å². The lowest BCUT2D eigenvalue weighted by Crippen LogP contribution is -2.36. The van der Waals surface area contributed by atoms with E-state index in [-0.39, 0.29) is 18.1 Å². The second-order valence-corrected chi connectivity index (χ2v) is 5.07. The van der Waals surface area contributed by atoms with Crippen LogP contribution in [-0.4, -0.2) is 43.7 Å². The maximum atomic E-state index is 12.3. The Morgan fingerprint density at radius 2 is 2.20 bits per heavy atom. The van der Waals surface area contributed by atoms with E-state index in [1.54, 1.807) is 19.1 Å². The molecule has 1 saturated heterocycles. The summed E-state index contributed by atoms with van der Waals surface area (Å²) in [7, 11) is 3.42. The van der Waals surface area contributed by atoms with Crippen LogP contribution in [0.1, 0.15) is 18.4 Å². The molecule has 1 aliphatic heterocycles. The number of methoxy groups -OCH3 is 1. The highest BCUT2D eigenvalue weighted by molar-refractivity contribution is 5.81. The number of nitrogens with zero attached hydrogens (tertiary/aromatic N) is 1. The van der Waals surface area contributed by atoms with Crippen LogP contribution in [0.15, 0.2) is 24.3 Å². The molecule has 2 rings (SSSR count). The number of hydrogen-bond donors (Lipinski definition) is 1.